The average molecular weight is 442 g/mol. The van der Waals surface area contributed by atoms with Crippen molar-refractivity contribution in [2.75, 3.05) is 5.75 Å². The van der Waals surface area contributed by atoms with Crippen LogP contribution in [0.2, 0.25) is 5.02 Å². The number of nitrogens with zero attached hydrogens (tertiary/aromatic N) is 2. The normalized spacial score (nSPS) is 11.5. The van der Waals surface area contributed by atoms with Crippen LogP contribution in [-0.2, 0) is 28.3 Å². The molecule has 0 spiro atoms. The van der Waals surface area contributed by atoms with Crippen LogP contribution in [0.4, 0.5) is 0 Å². The largest absolute Gasteiger partial charge is 0.437 e. The van der Waals surface area contributed by atoms with Crippen LogP contribution in [0, 0.1) is 13.8 Å². The van der Waals surface area contributed by atoms with Gasteiger partial charge in [0.15, 0.2) is 0 Å². The molecule has 0 atom stereocenters. The predicted octanol–water partition coefficient (Wildman–Crippen LogP) is 4.05. The van der Waals surface area contributed by atoms with Crippen LogP contribution in [0.15, 0.2) is 18.2 Å². The number of nitrogens with one attached hydrogen (secondary N) is 1. The van der Waals surface area contributed by atoms with Crippen molar-refractivity contribution in [3.63, 3.8) is 0 Å². The Morgan fingerprint density at radius 2 is 2.00 bits per heavy atom. The highest BCUT2D eigenvalue weighted by Gasteiger charge is 2.16. The van der Waals surface area contributed by atoms with Gasteiger partial charge in [-0.3, -0.25) is 9.52 Å². The maximum atomic E-state index is 12.0. The van der Waals surface area contributed by atoms with Gasteiger partial charge in [-0.15, -0.1) is 0 Å². The first-order valence-corrected chi connectivity index (χ1v) is 11.7. The van der Waals surface area contributed by atoms with Crippen molar-refractivity contribution in [3.05, 3.63) is 40.0 Å². The Morgan fingerprint density at radius 3 is 2.62 bits per heavy atom. The molecule has 9 heteroatoms. The highest BCUT2D eigenvalue weighted by Crippen LogP contribution is 2.32. The predicted molar refractivity (Wildman–Crippen MR) is 114 cm³/mol. The molecule has 0 saturated carbocycles. The summed E-state index contributed by atoms with van der Waals surface area (Å²) in [5.74, 6) is 0.506. The van der Waals surface area contributed by atoms with Crippen molar-refractivity contribution in [2.45, 2.75) is 52.9 Å². The number of halogens is 1. The van der Waals surface area contributed by atoms with Crippen molar-refractivity contribution in [3.8, 4) is 11.6 Å². The number of carbonyl (C=O) groups excluding carboxylic acids is 1. The molecule has 7 nitrogen and oxygen atoms in total. The van der Waals surface area contributed by atoms with Gasteiger partial charge < -0.3 is 4.74 Å². The van der Waals surface area contributed by atoms with Crippen LogP contribution in [0.25, 0.3) is 0 Å². The number of rotatable bonds is 10. The summed E-state index contributed by atoms with van der Waals surface area (Å²) in [7, 11) is -1.79. The van der Waals surface area contributed by atoms with Crippen molar-refractivity contribution >= 4 is 27.5 Å². The summed E-state index contributed by atoms with van der Waals surface area (Å²) >= 11 is 6.25. The molecule has 0 aliphatic carbocycles. The molecular formula is C20H28ClN3O4S. The highest BCUT2D eigenvalue weighted by atomic mass is 35.5. The Hall–Kier alpha value is -2.06. The first-order valence-electron chi connectivity index (χ1n) is 9.62. The summed E-state index contributed by atoms with van der Waals surface area (Å²) in [5, 5.41) is 4.76. The zero-order valence-electron chi connectivity index (χ0n) is 17.3. The Labute approximate surface area is 177 Å². The number of sulfonamides is 1. The summed E-state index contributed by atoms with van der Waals surface area (Å²) in [5.41, 5.74) is 2.60. The molecule has 0 aliphatic rings. The second kappa shape index (κ2) is 10.1. The zero-order valence-corrected chi connectivity index (χ0v) is 18.9. The van der Waals surface area contributed by atoms with Gasteiger partial charge in [0.1, 0.15) is 5.75 Å². The third-order valence-corrected chi connectivity index (χ3v) is 6.26. The number of amides is 1. The Kier molecular flexibility index (Phi) is 8.10. The minimum Gasteiger partial charge on any atom is -0.437 e. The number of hydrogen-bond donors (Lipinski definition) is 1. The number of ether oxygens (including phenoxy) is 1. The molecule has 2 aromatic rings. The SMILES string of the molecule is CCCCCS(=O)(=O)NC(=O)CCc1ccc(Cl)c(Oc2c(C)c(C)nn2C)c1. The molecule has 0 unspecified atom stereocenters. The van der Waals surface area contributed by atoms with E-state index in [0.717, 1.165) is 29.7 Å². The molecule has 1 heterocycles. The Balaban J connectivity index is 2.00. The monoisotopic (exact) mass is 441 g/mol. The summed E-state index contributed by atoms with van der Waals surface area (Å²) in [6.45, 7) is 5.81. The lowest BCUT2D eigenvalue weighted by atomic mass is 10.1. The van der Waals surface area contributed by atoms with E-state index in [0.29, 0.717) is 29.5 Å². The fourth-order valence-corrected chi connectivity index (χ4v) is 4.14. The average Bonchev–Trinajstić information content (AvgIpc) is 2.88. The van der Waals surface area contributed by atoms with Gasteiger partial charge >= 0.3 is 0 Å². The number of benzene rings is 1. The lowest BCUT2D eigenvalue weighted by molar-refractivity contribution is -0.119. The lowest BCUT2D eigenvalue weighted by Crippen LogP contribution is -2.32. The molecule has 2 rings (SSSR count). The number of hydrogen-bond acceptors (Lipinski definition) is 5. The van der Waals surface area contributed by atoms with E-state index in [-0.39, 0.29) is 12.2 Å². The third-order valence-electron chi connectivity index (χ3n) is 4.59. The topological polar surface area (TPSA) is 90.3 Å². The highest BCUT2D eigenvalue weighted by molar-refractivity contribution is 7.90. The number of aryl methyl sites for hydroxylation is 3. The van der Waals surface area contributed by atoms with Gasteiger partial charge in [-0.1, -0.05) is 37.4 Å². The van der Waals surface area contributed by atoms with Crippen molar-refractivity contribution < 1.29 is 17.9 Å². The minimum atomic E-state index is -3.58. The molecule has 29 heavy (non-hydrogen) atoms. The van der Waals surface area contributed by atoms with E-state index < -0.39 is 15.9 Å². The molecule has 0 aliphatic heterocycles. The van der Waals surface area contributed by atoms with E-state index in [9.17, 15) is 13.2 Å². The van der Waals surface area contributed by atoms with Crippen LogP contribution in [0.1, 0.15) is 49.4 Å². The molecule has 0 bridgehead atoms. The Bertz CT molecular complexity index is 970. The van der Waals surface area contributed by atoms with E-state index in [4.69, 9.17) is 16.3 Å². The first-order chi connectivity index (χ1) is 13.6. The van der Waals surface area contributed by atoms with Crippen molar-refractivity contribution in [2.24, 2.45) is 7.05 Å². The van der Waals surface area contributed by atoms with Gasteiger partial charge in [-0.2, -0.15) is 5.10 Å². The third kappa shape index (κ3) is 6.75. The molecule has 1 N–H and O–H groups in total. The van der Waals surface area contributed by atoms with Gasteiger partial charge in [-0.05, 0) is 44.4 Å². The zero-order chi connectivity index (χ0) is 21.6. The van der Waals surface area contributed by atoms with E-state index in [1.807, 2.05) is 20.8 Å². The molecule has 0 radical (unpaired) electrons. The van der Waals surface area contributed by atoms with Crippen LogP contribution in [0.3, 0.4) is 0 Å². The van der Waals surface area contributed by atoms with Gasteiger partial charge in [0.2, 0.25) is 21.8 Å². The van der Waals surface area contributed by atoms with E-state index >= 15 is 0 Å². The molecule has 1 aromatic carbocycles. The second-order valence-electron chi connectivity index (χ2n) is 7.06. The first kappa shape index (κ1) is 23.2. The molecule has 1 amide bonds. The van der Waals surface area contributed by atoms with Gasteiger partial charge in [0.25, 0.3) is 0 Å². The fraction of sp³-hybridized carbons (Fsp3) is 0.500. The van der Waals surface area contributed by atoms with Crippen LogP contribution in [0.5, 0.6) is 11.6 Å². The number of carbonyl (C=O) groups is 1. The van der Waals surface area contributed by atoms with Gasteiger partial charge in [-0.25, -0.2) is 13.1 Å². The smallest absolute Gasteiger partial charge is 0.234 e. The van der Waals surface area contributed by atoms with Gasteiger partial charge in [0, 0.05) is 19.0 Å². The van der Waals surface area contributed by atoms with E-state index in [1.54, 1.807) is 29.9 Å². The second-order valence-corrected chi connectivity index (χ2v) is 9.31. The van der Waals surface area contributed by atoms with Crippen LogP contribution >= 0.6 is 11.6 Å². The molecular weight excluding hydrogens is 414 g/mol. The molecule has 160 valence electrons. The van der Waals surface area contributed by atoms with Crippen LogP contribution < -0.4 is 9.46 Å². The fourth-order valence-electron chi connectivity index (χ4n) is 2.85. The summed E-state index contributed by atoms with van der Waals surface area (Å²) in [6.07, 6.45) is 2.70. The van der Waals surface area contributed by atoms with Crippen molar-refractivity contribution in [1.29, 1.82) is 0 Å². The molecule has 0 fully saturated rings. The summed E-state index contributed by atoms with van der Waals surface area (Å²) in [4.78, 5) is 12.0. The van der Waals surface area contributed by atoms with Crippen LogP contribution in [-0.4, -0.2) is 29.9 Å². The quantitative estimate of drug-likeness (QED) is 0.561. The van der Waals surface area contributed by atoms with E-state index in [2.05, 4.69) is 9.82 Å². The number of unbranched alkanes of at least 4 members (excludes halogenated alkanes) is 2. The van der Waals surface area contributed by atoms with E-state index in [1.165, 1.54) is 0 Å². The van der Waals surface area contributed by atoms with Crippen molar-refractivity contribution in [1.82, 2.24) is 14.5 Å². The maximum Gasteiger partial charge on any atom is 0.234 e. The standard InChI is InChI=1S/C20H28ClN3O4S/c1-5-6-7-12-29(26,27)23-19(25)11-9-16-8-10-17(21)18(13-16)28-20-14(2)15(3)22-24(20)4/h8,10,13H,5-7,9,11-12H2,1-4H3,(H,23,25). The maximum absolute atomic E-state index is 12.0. The summed E-state index contributed by atoms with van der Waals surface area (Å²) < 4.78 is 33.6. The Morgan fingerprint density at radius 1 is 1.28 bits per heavy atom. The lowest BCUT2D eigenvalue weighted by Gasteiger charge is -2.11. The molecule has 0 saturated heterocycles. The van der Waals surface area contributed by atoms with Gasteiger partial charge in [0.05, 0.1) is 16.5 Å². The molecule has 1 aromatic heterocycles. The minimum absolute atomic E-state index is 0.0328. The number of aromatic nitrogens is 2. The summed E-state index contributed by atoms with van der Waals surface area (Å²) in [6, 6.07) is 5.25.